The first-order valence-electron chi connectivity index (χ1n) is 4.39. The number of benzene rings is 1. The number of aliphatic hydroxyl groups is 2. The third-order valence-corrected chi connectivity index (χ3v) is 1.58. The molecule has 0 aliphatic heterocycles. The van der Waals surface area contributed by atoms with E-state index in [9.17, 15) is 4.79 Å². The molecule has 0 aliphatic rings. The molecular weight excluding hydrogens is 180 g/mol. The highest BCUT2D eigenvalue weighted by Gasteiger charge is 2.04. The van der Waals surface area contributed by atoms with Gasteiger partial charge in [0.15, 0.2) is 5.78 Å². The normalized spacial score (nSPS) is 11.1. The van der Waals surface area contributed by atoms with E-state index in [0.717, 1.165) is 0 Å². The Bertz CT molecular complexity index is 256. The van der Waals surface area contributed by atoms with E-state index in [-0.39, 0.29) is 0 Å². The number of hydrogen-bond donors (Lipinski definition) is 2. The summed E-state index contributed by atoms with van der Waals surface area (Å²) in [6.45, 7) is 2.83. The third-order valence-electron chi connectivity index (χ3n) is 1.58. The van der Waals surface area contributed by atoms with Crippen molar-refractivity contribution in [1.82, 2.24) is 0 Å². The molecule has 2 N–H and O–H groups in total. The van der Waals surface area contributed by atoms with Crippen molar-refractivity contribution in [3.8, 4) is 0 Å². The molecule has 0 saturated carbocycles. The van der Waals surface area contributed by atoms with Crippen LogP contribution in [0.4, 0.5) is 0 Å². The van der Waals surface area contributed by atoms with Crippen molar-refractivity contribution in [2.75, 3.05) is 6.61 Å². The van der Waals surface area contributed by atoms with Gasteiger partial charge in [0.05, 0.1) is 6.61 Å². The lowest BCUT2D eigenvalue weighted by atomic mass is 10.2. The predicted octanol–water partition coefficient (Wildman–Crippen LogP) is 0.924. The number of ketones is 1. The summed E-state index contributed by atoms with van der Waals surface area (Å²) in [6.07, 6.45) is -1.18. The van der Waals surface area contributed by atoms with E-state index in [1.807, 2.05) is 18.2 Å². The van der Waals surface area contributed by atoms with Crippen LogP contribution in [0.5, 0.6) is 0 Å². The Morgan fingerprint density at radius 1 is 1.36 bits per heavy atom. The lowest BCUT2D eigenvalue weighted by Crippen LogP contribution is -2.20. The first-order chi connectivity index (χ1) is 6.57. The Morgan fingerprint density at radius 2 is 1.86 bits per heavy atom. The number of rotatable bonds is 2. The van der Waals surface area contributed by atoms with Crippen molar-refractivity contribution in [3.05, 3.63) is 35.9 Å². The fourth-order valence-electron chi connectivity index (χ4n) is 0.663. The van der Waals surface area contributed by atoms with Crippen LogP contribution >= 0.6 is 0 Å². The number of aryl methyl sites for hydroxylation is 1. The van der Waals surface area contributed by atoms with Gasteiger partial charge in [0.2, 0.25) is 0 Å². The van der Waals surface area contributed by atoms with Crippen molar-refractivity contribution >= 4 is 5.78 Å². The van der Waals surface area contributed by atoms with E-state index in [2.05, 4.69) is 19.1 Å². The lowest BCUT2D eigenvalue weighted by molar-refractivity contribution is -0.126. The summed E-state index contributed by atoms with van der Waals surface area (Å²) in [6, 6.07) is 10.3. The van der Waals surface area contributed by atoms with Gasteiger partial charge in [0.25, 0.3) is 0 Å². The van der Waals surface area contributed by atoms with E-state index in [0.29, 0.717) is 0 Å². The van der Waals surface area contributed by atoms with Gasteiger partial charge in [-0.05, 0) is 13.8 Å². The van der Waals surface area contributed by atoms with E-state index in [1.165, 1.54) is 12.5 Å². The summed E-state index contributed by atoms with van der Waals surface area (Å²) in [7, 11) is 0. The van der Waals surface area contributed by atoms with Gasteiger partial charge in [-0.3, -0.25) is 4.79 Å². The molecule has 0 radical (unpaired) electrons. The van der Waals surface area contributed by atoms with E-state index >= 15 is 0 Å². The first-order valence-corrected chi connectivity index (χ1v) is 4.39. The molecule has 0 spiro atoms. The van der Waals surface area contributed by atoms with Gasteiger partial charge < -0.3 is 10.2 Å². The molecule has 0 amide bonds. The molecule has 0 bridgehead atoms. The fraction of sp³-hybridized carbons (Fsp3) is 0.364. The molecule has 1 aromatic rings. The van der Waals surface area contributed by atoms with Gasteiger partial charge >= 0.3 is 0 Å². The molecular formula is C11H16O3. The highest BCUT2D eigenvalue weighted by Crippen LogP contribution is 1.92. The SMILES string of the molecule is CC(=O)C(O)CO.Cc1ccccc1. The average molecular weight is 196 g/mol. The second-order valence-corrected chi connectivity index (χ2v) is 2.96. The highest BCUT2D eigenvalue weighted by molar-refractivity contribution is 5.80. The summed E-state index contributed by atoms with van der Waals surface area (Å²) < 4.78 is 0. The standard InChI is InChI=1S/C7H8.C4H8O3/c1-7-5-3-2-4-6-7;1-3(6)4(7)2-5/h2-6H,1H3;4-5,7H,2H2,1H3. The highest BCUT2D eigenvalue weighted by atomic mass is 16.3. The zero-order chi connectivity index (χ0) is 11.0. The minimum Gasteiger partial charge on any atom is -0.393 e. The molecule has 0 aromatic heterocycles. The van der Waals surface area contributed by atoms with Gasteiger partial charge in [-0.1, -0.05) is 35.9 Å². The molecule has 78 valence electrons. The van der Waals surface area contributed by atoms with Crippen LogP contribution in [0.15, 0.2) is 30.3 Å². The van der Waals surface area contributed by atoms with Crippen LogP contribution in [0.1, 0.15) is 12.5 Å². The topological polar surface area (TPSA) is 57.5 Å². The number of Topliss-reactive ketones (excluding diaryl/α,β-unsaturated/α-hetero) is 1. The first kappa shape index (κ1) is 12.8. The zero-order valence-corrected chi connectivity index (χ0v) is 8.47. The number of carbonyl (C=O) groups is 1. The third kappa shape index (κ3) is 6.34. The van der Waals surface area contributed by atoms with E-state index < -0.39 is 18.5 Å². The largest absolute Gasteiger partial charge is 0.393 e. The maximum Gasteiger partial charge on any atom is 0.160 e. The second-order valence-electron chi connectivity index (χ2n) is 2.96. The van der Waals surface area contributed by atoms with Crippen LogP contribution in [0, 0.1) is 6.92 Å². The van der Waals surface area contributed by atoms with Gasteiger partial charge in [-0.2, -0.15) is 0 Å². The van der Waals surface area contributed by atoms with E-state index in [4.69, 9.17) is 10.2 Å². The smallest absolute Gasteiger partial charge is 0.160 e. The minimum atomic E-state index is -1.18. The van der Waals surface area contributed by atoms with Crippen LogP contribution in [0.25, 0.3) is 0 Å². The summed E-state index contributed by atoms with van der Waals surface area (Å²) in [5.74, 6) is -0.400. The molecule has 3 heteroatoms. The summed E-state index contributed by atoms with van der Waals surface area (Å²) in [5.41, 5.74) is 1.32. The van der Waals surface area contributed by atoms with Gasteiger partial charge in [-0.15, -0.1) is 0 Å². The molecule has 1 rings (SSSR count). The second kappa shape index (κ2) is 7.24. The van der Waals surface area contributed by atoms with Crippen molar-refractivity contribution < 1.29 is 15.0 Å². The summed E-state index contributed by atoms with van der Waals surface area (Å²) in [5, 5.41) is 16.4. The quantitative estimate of drug-likeness (QED) is 0.739. The molecule has 1 unspecified atom stereocenters. The number of aliphatic hydroxyl groups excluding tert-OH is 2. The lowest BCUT2D eigenvalue weighted by Gasteiger charge is -1.97. The van der Waals surface area contributed by atoms with Gasteiger partial charge in [-0.25, -0.2) is 0 Å². The molecule has 0 heterocycles. The molecule has 0 fully saturated rings. The van der Waals surface area contributed by atoms with E-state index in [1.54, 1.807) is 0 Å². The Hall–Kier alpha value is -1.19. The molecule has 3 nitrogen and oxygen atoms in total. The monoisotopic (exact) mass is 196 g/mol. The van der Waals surface area contributed by atoms with Gasteiger partial charge in [0.1, 0.15) is 6.10 Å². The van der Waals surface area contributed by atoms with Crippen molar-refractivity contribution in [2.45, 2.75) is 20.0 Å². The van der Waals surface area contributed by atoms with Crippen molar-refractivity contribution in [3.63, 3.8) is 0 Å². The summed E-state index contributed by atoms with van der Waals surface area (Å²) >= 11 is 0. The number of hydrogen-bond acceptors (Lipinski definition) is 3. The van der Waals surface area contributed by atoms with Gasteiger partial charge in [0, 0.05) is 0 Å². The van der Waals surface area contributed by atoms with Crippen LogP contribution < -0.4 is 0 Å². The molecule has 1 aromatic carbocycles. The zero-order valence-electron chi connectivity index (χ0n) is 8.47. The molecule has 0 aliphatic carbocycles. The van der Waals surface area contributed by atoms with Crippen molar-refractivity contribution in [2.24, 2.45) is 0 Å². The molecule has 14 heavy (non-hydrogen) atoms. The van der Waals surface area contributed by atoms with Crippen LogP contribution in [0.3, 0.4) is 0 Å². The van der Waals surface area contributed by atoms with Crippen LogP contribution in [-0.2, 0) is 4.79 Å². The summed E-state index contributed by atoms with van der Waals surface area (Å²) in [4.78, 5) is 9.96. The maximum atomic E-state index is 9.96. The predicted molar refractivity (Wildman–Crippen MR) is 55.0 cm³/mol. The number of carbonyl (C=O) groups excluding carboxylic acids is 1. The Balaban J connectivity index is 0.000000241. The van der Waals surface area contributed by atoms with Crippen LogP contribution in [0.2, 0.25) is 0 Å². The molecule has 1 atom stereocenters. The van der Waals surface area contributed by atoms with Crippen LogP contribution in [-0.4, -0.2) is 28.7 Å². The average Bonchev–Trinajstić information content (AvgIpc) is 2.18. The fourth-order valence-corrected chi connectivity index (χ4v) is 0.663. The Kier molecular flexibility index (Phi) is 6.62. The van der Waals surface area contributed by atoms with Crippen molar-refractivity contribution in [1.29, 1.82) is 0 Å². The maximum absolute atomic E-state index is 9.96. The Labute approximate surface area is 84.0 Å². The molecule has 0 saturated heterocycles. The Morgan fingerprint density at radius 3 is 2.00 bits per heavy atom. The minimum absolute atomic E-state index is 0.400.